The Morgan fingerprint density at radius 3 is 2.57 bits per heavy atom. The third-order valence-corrected chi connectivity index (χ3v) is 7.67. The van der Waals surface area contributed by atoms with E-state index in [9.17, 15) is 0 Å². The molecule has 2 bridgehead atoms. The van der Waals surface area contributed by atoms with Crippen LogP contribution in [0.1, 0.15) is 72.6 Å². The Morgan fingerprint density at radius 2 is 1.76 bits per heavy atom. The third kappa shape index (κ3) is 1.91. The summed E-state index contributed by atoms with van der Waals surface area (Å²) in [6, 6.07) is 0. The molecule has 6 unspecified atom stereocenters. The van der Waals surface area contributed by atoms with E-state index in [1.807, 2.05) is 0 Å². The second-order valence-corrected chi connectivity index (χ2v) is 9.42. The first kappa shape index (κ1) is 14.5. The van der Waals surface area contributed by atoms with Crippen LogP contribution in [0.25, 0.3) is 0 Å². The molecule has 2 aliphatic heterocycles. The molecule has 0 aromatic rings. The summed E-state index contributed by atoms with van der Waals surface area (Å²) < 4.78 is 12.9. The van der Waals surface area contributed by atoms with Gasteiger partial charge in [0.2, 0.25) is 0 Å². The fourth-order valence-electron chi connectivity index (χ4n) is 6.64. The topological polar surface area (TPSA) is 18.5 Å². The molecule has 2 saturated carbocycles. The van der Waals surface area contributed by atoms with E-state index < -0.39 is 0 Å². The molecule has 21 heavy (non-hydrogen) atoms. The van der Waals surface area contributed by atoms with Crippen molar-refractivity contribution >= 4 is 0 Å². The lowest BCUT2D eigenvalue weighted by Gasteiger charge is -2.61. The summed E-state index contributed by atoms with van der Waals surface area (Å²) in [5.41, 5.74) is 0.739. The normalized spacial score (nSPS) is 55.4. The first-order valence-corrected chi connectivity index (χ1v) is 9.17. The van der Waals surface area contributed by atoms with Crippen molar-refractivity contribution in [3.05, 3.63) is 0 Å². The minimum absolute atomic E-state index is 0.0113. The molecule has 0 radical (unpaired) electrons. The van der Waals surface area contributed by atoms with Crippen LogP contribution in [0.15, 0.2) is 0 Å². The quantitative estimate of drug-likeness (QED) is 0.640. The van der Waals surface area contributed by atoms with Crippen LogP contribution < -0.4 is 0 Å². The van der Waals surface area contributed by atoms with Crippen LogP contribution in [0.4, 0.5) is 0 Å². The fourth-order valence-corrected chi connectivity index (χ4v) is 6.64. The standard InChI is InChI=1S/C19H32O2/c1-13-6-7-15-17(2,3)9-5-10-19(15)14(13)8-11-18(4)12-20-16(19)21-18/h13-16H,5-12H2,1-4H3. The molecule has 2 nitrogen and oxygen atoms in total. The van der Waals surface area contributed by atoms with E-state index in [4.69, 9.17) is 9.47 Å². The Hall–Kier alpha value is -0.0800. The van der Waals surface area contributed by atoms with Crippen LogP contribution >= 0.6 is 0 Å². The van der Waals surface area contributed by atoms with Gasteiger partial charge in [-0.3, -0.25) is 0 Å². The van der Waals surface area contributed by atoms with E-state index in [1.165, 1.54) is 44.9 Å². The lowest BCUT2D eigenvalue weighted by atomic mass is 9.45. The molecule has 1 spiro atoms. The van der Waals surface area contributed by atoms with Gasteiger partial charge < -0.3 is 9.47 Å². The summed E-state index contributed by atoms with van der Waals surface area (Å²) >= 11 is 0. The van der Waals surface area contributed by atoms with Crippen LogP contribution in [0.2, 0.25) is 0 Å². The monoisotopic (exact) mass is 292 g/mol. The van der Waals surface area contributed by atoms with Crippen molar-refractivity contribution in [1.82, 2.24) is 0 Å². The molecule has 2 saturated heterocycles. The van der Waals surface area contributed by atoms with Crippen molar-refractivity contribution in [3.63, 3.8) is 0 Å². The van der Waals surface area contributed by atoms with E-state index in [0.717, 1.165) is 24.4 Å². The molecule has 0 aromatic heterocycles. The molecular formula is C19H32O2. The van der Waals surface area contributed by atoms with Crippen LogP contribution in [0, 0.1) is 28.6 Å². The number of fused-ring (bicyclic) bond motifs is 2. The fraction of sp³-hybridized carbons (Fsp3) is 1.00. The van der Waals surface area contributed by atoms with E-state index in [0.29, 0.717) is 10.8 Å². The second-order valence-electron chi connectivity index (χ2n) is 9.42. The highest BCUT2D eigenvalue weighted by Gasteiger charge is 2.64. The zero-order chi connectivity index (χ0) is 14.9. The predicted molar refractivity (Wildman–Crippen MR) is 83.9 cm³/mol. The molecular weight excluding hydrogens is 260 g/mol. The highest BCUT2D eigenvalue weighted by Crippen LogP contribution is 2.66. The average Bonchev–Trinajstić information content (AvgIpc) is 2.74. The van der Waals surface area contributed by atoms with E-state index in [-0.39, 0.29) is 11.9 Å². The van der Waals surface area contributed by atoms with Gasteiger partial charge >= 0.3 is 0 Å². The number of ether oxygens (including phenoxy) is 2. The van der Waals surface area contributed by atoms with Gasteiger partial charge in [-0.1, -0.05) is 33.6 Å². The van der Waals surface area contributed by atoms with Crippen molar-refractivity contribution in [2.45, 2.75) is 84.5 Å². The Morgan fingerprint density at radius 1 is 0.952 bits per heavy atom. The highest BCUT2D eigenvalue weighted by molar-refractivity contribution is 5.09. The molecule has 4 fully saturated rings. The summed E-state index contributed by atoms with van der Waals surface area (Å²) in [6.07, 6.45) is 9.46. The number of rotatable bonds is 0. The van der Waals surface area contributed by atoms with Crippen molar-refractivity contribution in [2.75, 3.05) is 6.61 Å². The van der Waals surface area contributed by atoms with Crippen LogP contribution in [-0.4, -0.2) is 18.5 Å². The van der Waals surface area contributed by atoms with Crippen LogP contribution in [0.3, 0.4) is 0 Å². The summed E-state index contributed by atoms with van der Waals surface area (Å²) in [6.45, 7) is 10.6. The molecule has 4 aliphatic rings. The molecule has 2 aliphatic carbocycles. The predicted octanol–water partition coefficient (Wildman–Crippen LogP) is 4.77. The molecule has 120 valence electrons. The maximum absolute atomic E-state index is 6.56. The third-order valence-electron chi connectivity index (χ3n) is 7.67. The van der Waals surface area contributed by atoms with Gasteiger partial charge in [0, 0.05) is 5.41 Å². The first-order chi connectivity index (χ1) is 9.87. The van der Waals surface area contributed by atoms with E-state index >= 15 is 0 Å². The Bertz CT molecular complexity index is 431. The van der Waals surface area contributed by atoms with Crippen molar-refractivity contribution in [1.29, 1.82) is 0 Å². The zero-order valence-electron chi connectivity index (χ0n) is 14.3. The van der Waals surface area contributed by atoms with Crippen LogP contribution in [-0.2, 0) is 9.47 Å². The minimum Gasteiger partial charge on any atom is -0.349 e. The highest BCUT2D eigenvalue weighted by atomic mass is 16.7. The summed E-state index contributed by atoms with van der Waals surface area (Å²) in [7, 11) is 0. The maximum Gasteiger partial charge on any atom is 0.164 e. The largest absolute Gasteiger partial charge is 0.349 e. The number of hydrogen-bond donors (Lipinski definition) is 0. The summed E-state index contributed by atoms with van der Waals surface area (Å²) in [4.78, 5) is 0. The molecule has 0 amide bonds. The Balaban J connectivity index is 1.81. The zero-order valence-corrected chi connectivity index (χ0v) is 14.3. The SMILES string of the molecule is CC1CCC2C(C)(C)CCCC23C2OCC(C)(CCC13)O2. The van der Waals surface area contributed by atoms with Crippen molar-refractivity contribution < 1.29 is 9.47 Å². The van der Waals surface area contributed by atoms with Crippen molar-refractivity contribution in [3.8, 4) is 0 Å². The molecule has 6 atom stereocenters. The van der Waals surface area contributed by atoms with Gasteiger partial charge in [-0.05, 0) is 62.2 Å². The lowest BCUT2D eigenvalue weighted by molar-refractivity contribution is -0.239. The van der Waals surface area contributed by atoms with Gasteiger partial charge in [-0.2, -0.15) is 0 Å². The first-order valence-electron chi connectivity index (χ1n) is 9.17. The maximum atomic E-state index is 6.56. The van der Waals surface area contributed by atoms with Gasteiger partial charge in [0.25, 0.3) is 0 Å². The smallest absolute Gasteiger partial charge is 0.164 e. The van der Waals surface area contributed by atoms with Crippen LogP contribution in [0.5, 0.6) is 0 Å². The second kappa shape index (κ2) is 4.47. The minimum atomic E-state index is -0.0113. The average molecular weight is 292 g/mol. The van der Waals surface area contributed by atoms with Gasteiger partial charge in [0.15, 0.2) is 6.29 Å². The van der Waals surface area contributed by atoms with Gasteiger partial charge in [-0.15, -0.1) is 0 Å². The molecule has 0 N–H and O–H groups in total. The molecule has 2 heterocycles. The van der Waals surface area contributed by atoms with E-state index in [1.54, 1.807) is 0 Å². The summed E-state index contributed by atoms with van der Waals surface area (Å²) in [5.74, 6) is 2.43. The number of hydrogen-bond acceptors (Lipinski definition) is 2. The lowest BCUT2D eigenvalue weighted by Crippen LogP contribution is -2.58. The van der Waals surface area contributed by atoms with Gasteiger partial charge in [0.1, 0.15) is 0 Å². The van der Waals surface area contributed by atoms with Gasteiger partial charge in [0.05, 0.1) is 12.2 Å². The summed E-state index contributed by atoms with van der Waals surface area (Å²) in [5, 5.41) is 0. The Labute approximate surface area is 130 Å². The molecule has 0 aromatic carbocycles. The Kier molecular flexibility index (Phi) is 3.09. The van der Waals surface area contributed by atoms with Gasteiger partial charge in [-0.25, -0.2) is 0 Å². The molecule has 4 rings (SSSR count). The van der Waals surface area contributed by atoms with Crippen molar-refractivity contribution in [2.24, 2.45) is 28.6 Å². The molecule has 2 heteroatoms. The van der Waals surface area contributed by atoms with E-state index in [2.05, 4.69) is 27.7 Å².